The summed E-state index contributed by atoms with van der Waals surface area (Å²) in [4.78, 5) is 23.6. The summed E-state index contributed by atoms with van der Waals surface area (Å²) in [7, 11) is 0. The van der Waals surface area contributed by atoms with Gasteiger partial charge in [-0.15, -0.1) is 0 Å². The molecule has 0 spiro atoms. The number of carbonyl (C=O) groups excluding carboxylic acids is 2. The molecule has 0 heterocycles. The second-order valence-electron chi connectivity index (χ2n) is 4.66. The third kappa shape index (κ3) is 3.70. The molecular weight excluding hydrogens is 240 g/mol. The Balaban J connectivity index is 4.93. The van der Waals surface area contributed by atoms with Crippen molar-refractivity contribution in [3.8, 4) is 0 Å². The van der Waals surface area contributed by atoms with E-state index in [0.29, 0.717) is 12.8 Å². The molecule has 0 aromatic carbocycles. The summed E-state index contributed by atoms with van der Waals surface area (Å²) in [6.07, 6.45) is 1.33. The molecule has 0 saturated heterocycles. The fourth-order valence-corrected chi connectivity index (χ4v) is 2.18. The maximum Gasteiger partial charge on any atom is 0.321 e. The topological polar surface area (TPSA) is 43.4 Å². The molecule has 100 valence electrons. The van der Waals surface area contributed by atoms with Crippen LogP contribution < -0.4 is 0 Å². The number of rotatable bonds is 7. The zero-order chi connectivity index (χ0) is 13.6. The molecule has 0 N–H and O–H groups in total. The van der Waals surface area contributed by atoms with E-state index >= 15 is 0 Å². The smallest absolute Gasteiger partial charge is 0.321 e. The summed E-state index contributed by atoms with van der Waals surface area (Å²) in [5, 5.41) is -0.619. The van der Waals surface area contributed by atoms with E-state index in [0.717, 1.165) is 6.42 Å². The average Bonchev–Trinajstić information content (AvgIpc) is 2.27. The second kappa shape index (κ2) is 7.00. The number of carbonyl (C=O) groups is 2. The molecule has 1 unspecified atom stereocenters. The number of ether oxygens (including phenoxy) is 1. The molecule has 0 aromatic heterocycles. The van der Waals surface area contributed by atoms with Gasteiger partial charge in [0.05, 0.1) is 0 Å². The Bertz CT molecular complexity index is 270. The summed E-state index contributed by atoms with van der Waals surface area (Å²) in [6.45, 7) is 9.50. The Hall–Kier alpha value is -0.570. The molecule has 0 aliphatic carbocycles. The van der Waals surface area contributed by atoms with Gasteiger partial charge < -0.3 is 4.74 Å². The molecule has 17 heavy (non-hydrogen) atoms. The van der Waals surface area contributed by atoms with Crippen molar-refractivity contribution in [1.29, 1.82) is 0 Å². The van der Waals surface area contributed by atoms with Crippen molar-refractivity contribution in [2.24, 2.45) is 11.3 Å². The van der Waals surface area contributed by atoms with Crippen molar-refractivity contribution < 1.29 is 14.3 Å². The van der Waals surface area contributed by atoms with Crippen LogP contribution in [0.3, 0.4) is 0 Å². The number of esters is 1. The maximum atomic E-state index is 12.1. The quantitative estimate of drug-likeness (QED) is 0.400. The predicted molar refractivity (Wildman–Crippen MR) is 68.9 cm³/mol. The van der Waals surface area contributed by atoms with Gasteiger partial charge in [-0.3, -0.25) is 9.59 Å². The minimum absolute atomic E-state index is 0.156. The highest BCUT2D eigenvalue weighted by Crippen LogP contribution is 2.32. The van der Waals surface area contributed by atoms with E-state index in [9.17, 15) is 9.59 Å². The second-order valence-corrected chi connectivity index (χ2v) is 5.00. The van der Waals surface area contributed by atoms with Gasteiger partial charge in [0.1, 0.15) is 11.5 Å². The van der Waals surface area contributed by atoms with Crippen LogP contribution in [0.25, 0.3) is 0 Å². The van der Waals surface area contributed by atoms with Crippen LogP contribution >= 0.6 is 11.6 Å². The van der Waals surface area contributed by atoms with E-state index in [2.05, 4.69) is 0 Å². The van der Waals surface area contributed by atoms with E-state index in [4.69, 9.17) is 16.3 Å². The van der Waals surface area contributed by atoms with E-state index in [1.165, 1.54) is 0 Å². The van der Waals surface area contributed by atoms with E-state index in [1.54, 1.807) is 13.8 Å². The fourth-order valence-electron chi connectivity index (χ4n) is 1.84. The van der Waals surface area contributed by atoms with E-state index < -0.39 is 16.6 Å². The van der Waals surface area contributed by atoms with Gasteiger partial charge in [0, 0.05) is 0 Å². The van der Waals surface area contributed by atoms with E-state index in [-0.39, 0.29) is 12.0 Å². The van der Waals surface area contributed by atoms with Gasteiger partial charge in [0.15, 0.2) is 0 Å². The summed E-state index contributed by atoms with van der Waals surface area (Å²) in [5.41, 5.74) is -1.18. The summed E-state index contributed by atoms with van der Waals surface area (Å²) < 4.78 is 5.43. The largest absolute Gasteiger partial charge is 0.461 e. The Labute approximate surface area is 109 Å². The summed E-state index contributed by atoms with van der Waals surface area (Å²) in [6, 6.07) is 0. The Morgan fingerprint density at radius 2 is 1.65 bits per heavy atom. The SMILES string of the molecule is CCC(OC(=O)C(CC)(CC)C(=O)Cl)C(C)C. The molecule has 3 nitrogen and oxygen atoms in total. The lowest BCUT2D eigenvalue weighted by Crippen LogP contribution is -2.40. The standard InChI is InChI=1S/C13H23ClO3/c1-6-10(9(4)5)17-12(16)13(7-2,8-3)11(14)15/h9-10H,6-8H2,1-5H3. The third-order valence-corrected chi connectivity index (χ3v) is 3.74. The van der Waals surface area contributed by atoms with Crippen LogP contribution in [0.5, 0.6) is 0 Å². The molecule has 0 radical (unpaired) electrons. The van der Waals surface area contributed by atoms with Gasteiger partial charge in [0.25, 0.3) is 0 Å². The van der Waals surface area contributed by atoms with Crippen molar-refractivity contribution in [3.63, 3.8) is 0 Å². The summed E-state index contributed by atoms with van der Waals surface area (Å²) >= 11 is 5.56. The van der Waals surface area contributed by atoms with Gasteiger partial charge >= 0.3 is 5.97 Å². The van der Waals surface area contributed by atoms with Crippen molar-refractivity contribution in [1.82, 2.24) is 0 Å². The molecule has 0 saturated carbocycles. The van der Waals surface area contributed by atoms with Crippen LogP contribution in [0, 0.1) is 11.3 Å². The first kappa shape index (κ1) is 16.4. The molecule has 1 atom stereocenters. The van der Waals surface area contributed by atoms with Gasteiger partial charge in [-0.1, -0.05) is 34.6 Å². The molecule has 0 aliphatic rings. The number of hydrogen-bond acceptors (Lipinski definition) is 3. The van der Waals surface area contributed by atoms with Gasteiger partial charge in [-0.25, -0.2) is 0 Å². The monoisotopic (exact) mass is 262 g/mol. The van der Waals surface area contributed by atoms with Crippen LogP contribution in [0.1, 0.15) is 53.9 Å². The number of halogens is 1. The van der Waals surface area contributed by atoms with Gasteiger partial charge in [0.2, 0.25) is 5.24 Å². The molecule has 0 fully saturated rings. The lowest BCUT2D eigenvalue weighted by atomic mass is 9.83. The molecule has 4 heteroatoms. The van der Waals surface area contributed by atoms with Gasteiger partial charge in [-0.05, 0) is 36.8 Å². The van der Waals surface area contributed by atoms with Crippen LogP contribution in [0.2, 0.25) is 0 Å². The van der Waals surface area contributed by atoms with Crippen LogP contribution in [-0.4, -0.2) is 17.3 Å². The van der Waals surface area contributed by atoms with Crippen LogP contribution in [0.4, 0.5) is 0 Å². The Morgan fingerprint density at radius 1 is 1.18 bits per heavy atom. The normalized spacial score (nSPS) is 13.6. The summed E-state index contributed by atoms with van der Waals surface area (Å²) in [5.74, 6) is -0.246. The van der Waals surface area contributed by atoms with Gasteiger partial charge in [-0.2, -0.15) is 0 Å². The van der Waals surface area contributed by atoms with Crippen LogP contribution in [-0.2, 0) is 14.3 Å². The molecule has 0 amide bonds. The van der Waals surface area contributed by atoms with Crippen molar-refractivity contribution in [2.45, 2.75) is 60.0 Å². The lowest BCUT2D eigenvalue weighted by molar-refractivity contribution is -0.166. The highest BCUT2D eigenvalue weighted by Gasteiger charge is 2.44. The molecular formula is C13H23ClO3. The van der Waals surface area contributed by atoms with Crippen molar-refractivity contribution in [2.75, 3.05) is 0 Å². The van der Waals surface area contributed by atoms with Crippen LogP contribution in [0.15, 0.2) is 0 Å². The molecule has 0 aliphatic heterocycles. The highest BCUT2D eigenvalue weighted by atomic mass is 35.5. The van der Waals surface area contributed by atoms with E-state index in [1.807, 2.05) is 20.8 Å². The fraction of sp³-hybridized carbons (Fsp3) is 0.846. The zero-order valence-corrected chi connectivity index (χ0v) is 12.1. The third-order valence-electron chi connectivity index (χ3n) is 3.38. The highest BCUT2D eigenvalue weighted by molar-refractivity contribution is 6.66. The van der Waals surface area contributed by atoms with Crippen molar-refractivity contribution in [3.05, 3.63) is 0 Å². The minimum Gasteiger partial charge on any atom is -0.461 e. The first-order chi connectivity index (χ1) is 7.85. The molecule has 0 rings (SSSR count). The molecule has 0 bridgehead atoms. The molecule has 0 aromatic rings. The first-order valence-electron chi connectivity index (χ1n) is 6.26. The zero-order valence-electron chi connectivity index (χ0n) is 11.4. The van der Waals surface area contributed by atoms with Crippen molar-refractivity contribution >= 4 is 22.8 Å². The minimum atomic E-state index is -1.18. The Kier molecular flexibility index (Phi) is 6.76. The predicted octanol–water partition coefficient (Wildman–Crippen LogP) is 3.54. The lowest BCUT2D eigenvalue weighted by Gasteiger charge is -2.29. The Morgan fingerprint density at radius 3 is 1.88 bits per heavy atom. The maximum absolute atomic E-state index is 12.1. The first-order valence-corrected chi connectivity index (χ1v) is 6.64. The average molecular weight is 263 g/mol. The number of hydrogen-bond donors (Lipinski definition) is 0.